The van der Waals surface area contributed by atoms with Gasteiger partial charge in [-0.2, -0.15) is 5.26 Å². The zero-order chi connectivity index (χ0) is 18.4. The van der Waals surface area contributed by atoms with Crippen LogP contribution >= 0.6 is 15.9 Å². The van der Waals surface area contributed by atoms with E-state index in [9.17, 15) is 9.18 Å². The number of rotatable bonds is 6. The van der Waals surface area contributed by atoms with E-state index in [-0.39, 0.29) is 5.91 Å². The van der Waals surface area contributed by atoms with Gasteiger partial charge >= 0.3 is 0 Å². The molecule has 0 saturated carbocycles. The highest BCUT2D eigenvalue weighted by Gasteiger charge is 2.18. The Kier molecular flexibility index (Phi) is 6.68. The van der Waals surface area contributed by atoms with Gasteiger partial charge in [-0.15, -0.1) is 0 Å². The molecule has 1 amide bonds. The summed E-state index contributed by atoms with van der Waals surface area (Å²) in [5.41, 5.74) is 1.71. The standard InChI is InChI=1S/C19H19BrFN3O/c1-23(2)8-9-24(13-15-5-3-4-14(10-15)12-22)19(25)16-6-7-17(20)18(21)11-16/h3-7,10-11H,8-9,13H2,1-2H3. The monoisotopic (exact) mass is 403 g/mol. The number of hydrogen-bond donors (Lipinski definition) is 0. The molecule has 4 nitrogen and oxygen atoms in total. The summed E-state index contributed by atoms with van der Waals surface area (Å²) in [7, 11) is 3.86. The van der Waals surface area contributed by atoms with Gasteiger partial charge in [0.2, 0.25) is 0 Å². The van der Waals surface area contributed by atoms with Crippen molar-refractivity contribution in [3.05, 3.63) is 69.4 Å². The summed E-state index contributed by atoms with van der Waals surface area (Å²) in [6.45, 7) is 1.54. The van der Waals surface area contributed by atoms with Crippen molar-refractivity contribution in [1.29, 1.82) is 5.26 Å². The minimum Gasteiger partial charge on any atom is -0.333 e. The van der Waals surface area contributed by atoms with Gasteiger partial charge in [-0.3, -0.25) is 4.79 Å². The molecule has 0 unspecified atom stereocenters. The maximum atomic E-state index is 13.8. The molecule has 25 heavy (non-hydrogen) atoms. The summed E-state index contributed by atoms with van der Waals surface area (Å²) in [6, 6.07) is 13.6. The average molecular weight is 404 g/mol. The van der Waals surface area contributed by atoms with Gasteiger partial charge in [-0.05, 0) is 65.9 Å². The Bertz CT molecular complexity index is 801. The van der Waals surface area contributed by atoms with Gasteiger partial charge in [-0.1, -0.05) is 12.1 Å². The van der Waals surface area contributed by atoms with Crippen LogP contribution in [0.1, 0.15) is 21.5 Å². The van der Waals surface area contributed by atoms with Crippen LogP contribution in [-0.2, 0) is 6.54 Å². The van der Waals surface area contributed by atoms with Crippen molar-refractivity contribution in [2.45, 2.75) is 6.54 Å². The van der Waals surface area contributed by atoms with E-state index >= 15 is 0 Å². The van der Waals surface area contributed by atoms with Gasteiger partial charge in [0.1, 0.15) is 5.82 Å². The average Bonchev–Trinajstić information content (AvgIpc) is 2.60. The Balaban J connectivity index is 2.26. The number of carbonyl (C=O) groups excluding carboxylic acids is 1. The fraction of sp³-hybridized carbons (Fsp3) is 0.263. The number of halogens is 2. The van der Waals surface area contributed by atoms with Gasteiger partial charge in [0.25, 0.3) is 5.91 Å². The summed E-state index contributed by atoms with van der Waals surface area (Å²) < 4.78 is 14.1. The van der Waals surface area contributed by atoms with Crippen molar-refractivity contribution in [2.75, 3.05) is 27.2 Å². The van der Waals surface area contributed by atoms with E-state index in [1.54, 1.807) is 29.2 Å². The highest BCUT2D eigenvalue weighted by molar-refractivity contribution is 9.10. The minimum atomic E-state index is -0.468. The predicted molar refractivity (Wildman–Crippen MR) is 98.6 cm³/mol. The molecule has 2 aromatic rings. The van der Waals surface area contributed by atoms with Crippen LogP contribution < -0.4 is 0 Å². The van der Waals surface area contributed by atoms with Crippen LogP contribution in [0, 0.1) is 17.1 Å². The number of nitriles is 1. The Morgan fingerprint density at radius 2 is 1.96 bits per heavy atom. The van der Waals surface area contributed by atoms with Crippen LogP contribution in [0.25, 0.3) is 0 Å². The molecule has 0 spiro atoms. The van der Waals surface area contributed by atoms with Crippen LogP contribution in [-0.4, -0.2) is 42.9 Å². The molecule has 2 aromatic carbocycles. The number of amides is 1. The molecule has 0 aliphatic heterocycles. The molecule has 0 N–H and O–H groups in total. The lowest BCUT2D eigenvalue weighted by atomic mass is 10.1. The topological polar surface area (TPSA) is 47.3 Å². The number of nitrogens with zero attached hydrogens (tertiary/aromatic N) is 3. The summed E-state index contributed by atoms with van der Waals surface area (Å²) in [6.07, 6.45) is 0. The third kappa shape index (κ3) is 5.38. The van der Waals surface area contributed by atoms with Gasteiger partial charge < -0.3 is 9.80 Å². The molecule has 0 atom stereocenters. The first-order chi connectivity index (χ1) is 11.9. The van der Waals surface area contributed by atoms with E-state index in [4.69, 9.17) is 5.26 Å². The number of carbonyl (C=O) groups is 1. The van der Waals surface area contributed by atoms with E-state index in [2.05, 4.69) is 22.0 Å². The number of benzene rings is 2. The van der Waals surface area contributed by atoms with Gasteiger partial charge in [-0.25, -0.2) is 4.39 Å². The Morgan fingerprint density at radius 1 is 1.20 bits per heavy atom. The SMILES string of the molecule is CN(C)CCN(Cc1cccc(C#N)c1)C(=O)c1ccc(Br)c(F)c1. The largest absolute Gasteiger partial charge is 0.333 e. The molecule has 0 fully saturated rings. The Morgan fingerprint density at radius 3 is 2.60 bits per heavy atom. The summed E-state index contributed by atoms with van der Waals surface area (Å²) in [5.74, 6) is -0.708. The lowest BCUT2D eigenvalue weighted by Gasteiger charge is -2.25. The van der Waals surface area contributed by atoms with Crippen molar-refractivity contribution in [3.63, 3.8) is 0 Å². The first-order valence-electron chi connectivity index (χ1n) is 7.79. The molecule has 0 saturated heterocycles. The van der Waals surface area contributed by atoms with Crippen LogP contribution in [0.4, 0.5) is 4.39 Å². The summed E-state index contributed by atoms with van der Waals surface area (Å²) >= 11 is 3.10. The van der Waals surface area contributed by atoms with E-state index in [0.717, 1.165) is 5.56 Å². The molecular weight excluding hydrogens is 385 g/mol. The smallest absolute Gasteiger partial charge is 0.254 e. The fourth-order valence-corrected chi connectivity index (χ4v) is 2.59. The third-order valence-corrected chi connectivity index (χ3v) is 4.34. The number of hydrogen-bond acceptors (Lipinski definition) is 3. The molecule has 2 rings (SSSR count). The molecule has 0 heterocycles. The molecule has 0 aliphatic carbocycles. The molecule has 130 valence electrons. The van der Waals surface area contributed by atoms with Gasteiger partial charge in [0.05, 0.1) is 16.1 Å². The van der Waals surface area contributed by atoms with Crippen molar-refractivity contribution >= 4 is 21.8 Å². The van der Waals surface area contributed by atoms with Gasteiger partial charge in [0, 0.05) is 25.2 Å². The minimum absolute atomic E-state index is 0.240. The Hall–Kier alpha value is -2.23. The lowest BCUT2D eigenvalue weighted by molar-refractivity contribution is 0.0731. The highest BCUT2D eigenvalue weighted by atomic mass is 79.9. The van der Waals surface area contributed by atoms with E-state index in [1.807, 2.05) is 25.1 Å². The molecule has 6 heteroatoms. The maximum absolute atomic E-state index is 13.8. The zero-order valence-electron chi connectivity index (χ0n) is 14.2. The highest BCUT2D eigenvalue weighted by Crippen LogP contribution is 2.18. The zero-order valence-corrected chi connectivity index (χ0v) is 15.8. The molecule has 0 aromatic heterocycles. The Labute approximate surface area is 155 Å². The summed E-state index contributed by atoms with van der Waals surface area (Å²) in [5, 5.41) is 9.03. The first-order valence-corrected chi connectivity index (χ1v) is 8.58. The van der Waals surface area contributed by atoms with Crippen molar-refractivity contribution in [1.82, 2.24) is 9.80 Å². The van der Waals surface area contributed by atoms with E-state index in [1.165, 1.54) is 12.1 Å². The quantitative estimate of drug-likeness (QED) is 0.739. The molecular formula is C19H19BrFN3O. The number of likely N-dealkylation sites (N-methyl/N-ethyl adjacent to an activating group) is 1. The van der Waals surface area contributed by atoms with Crippen molar-refractivity contribution in [3.8, 4) is 6.07 Å². The van der Waals surface area contributed by atoms with Crippen molar-refractivity contribution in [2.24, 2.45) is 0 Å². The molecule has 0 aliphatic rings. The normalized spacial score (nSPS) is 10.6. The molecule has 0 radical (unpaired) electrons. The van der Waals surface area contributed by atoms with Crippen LogP contribution in [0.5, 0.6) is 0 Å². The first kappa shape index (κ1) is 19.1. The predicted octanol–water partition coefficient (Wildman–Crippen LogP) is 3.66. The second kappa shape index (κ2) is 8.75. The van der Waals surface area contributed by atoms with Crippen LogP contribution in [0.2, 0.25) is 0 Å². The van der Waals surface area contributed by atoms with Crippen LogP contribution in [0.3, 0.4) is 0 Å². The van der Waals surface area contributed by atoms with E-state index < -0.39 is 5.82 Å². The maximum Gasteiger partial charge on any atom is 0.254 e. The fourth-order valence-electron chi connectivity index (χ4n) is 2.34. The second-order valence-corrected chi connectivity index (χ2v) is 6.83. The molecule has 0 bridgehead atoms. The third-order valence-electron chi connectivity index (χ3n) is 3.70. The van der Waals surface area contributed by atoms with Crippen molar-refractivity contribution < 1.29 is 9.18 Å². The van der Waals surface area contributed by atoms with Gasteiger partial charge in [0.15, 0.2) is 0 Å². The van der Waals surface area contributed by atoms with Crippen LogP contribution in [0.15, 0.2) is 46.9 Å². The lowest BCUT2D eigenvalue weighted by Crippen LogP contribution is -2.36. The summed E-state index contributed by atoms with van der Waals surface area (Å²) in [4.78, 5) is 16.5. The van der Waals surface area contributed by atoms with E-state index in [0.29, 0.717) is 35.2 Å². The second-order valence-electron chi connectivity index (χ2n) is 5.97.